The van der Waals surface area contributed by atoms with Crippen LogP contribution in [0.2, 0.25) is 0 Å². The molecule has 0 spiro atoms. The number of nitrogens with one attached hydrogen (secondary N) is 1. The van der Waals surface area contributed by atoms with E-state index in [9.17, 15) is 4.79 Å². The summed E-state index contributed by atoms with van der Waals surface area (Å²) in [5.74, 6) is 2.23. The van der Waals surface area contributed by atoms with E-state index >= 15 is 0 Å². The molecule has 3 atom stereocenters. The minimum absolute atomic E-state index is 0.0602. The highest BCUT2D eigenvalue weighted by atomic mass is 16.2. The van der Waals surface area contributed by atoms with E-state index in [0.717, 1.165) is 13.0 Å². The number of nitrogens with zero attached hydrogens (tertiary/aromatic N) is 1. The lowest BCUT2D eigenvalue weighted by Gasteiger charge is -2.32. The van der Waals surface area contributed by atoms with Crippen LogP contribution >= 0.6 is 0 Å². The number of hydrogen-bond acceptors (Lipinski definition) is 2. The molecule has 3 unspecified atom stereocenters. The van der Waals surface area contributed by atoms with E-state index in [1.165, 1.54) is 25.7 Å². The van der Waals surface area contributed by atoms with Gasteiger partial charge in [-0.1, -0.05) is 40.5 Å². The van der Waals surface area contributed by atoms with Gasteiger partial charge in [-0.05, 0) is 37.0 Å². The van der Waals surface area contributed by atoms with Gasteiger partial charge < -0.3 is 4.90 Å². The molecule has 1 aliphatic carbocycles. The summed E-state index contributed by atoms with van der Waals surface area (Å²) in [6.07, 6.45) is 6.46. The van der Waals surface area contributed by atoms with E-state index in [2.05, 4.69) is 37.9 Å². The minimum Gasteiger partial charge on any atom is -0.325 e. The van der Waals surface area contributed by atoms with Gasteiger partial charge in [0.1, 0.15) is 0 Å². The SMILES string of the molecule is CCC1NC(C2CCCC2)N(CC(C)C(C)C)C1=O. The first-order chi connectivity index (χ1) is 9.04. The van der Waals surface area contributed by atoms with Crippen molar-refractivity contribution < 1.29 is 4.79 Å². The van der Waals surface area contributed by atoms with Gasteiger partial charge in [-0.2, -0.15) is 0 Å². The molecule has 1 saturated heterocycles. The van der Waals surface area contributed by atoms with Gasteiger partial charge in [-0.15, -0.1) is 0 Å². The summed E-state index contributed by atoms with van der Waals surface area (Å²) < 4.78 is 0. The zero-order valence-electron chi connectivity index (χ0n) is 13.0. The van der Waals surface area contributed by atoms with Crippen molar-refractivity contribution in [3.05, 3.63) is 0 Å². The molecule has 0 radical (unpaired) electrons. The quantitative estimate of drug-likeness (QED) is 0.829. The van der Waals surface area contributed by atoms with Crippen LogP contribution in [0.4, 0.5) is 0 Å². The molecular formula is C16H30N2O. The second kappa shape index (κ2) is 6.25. The zero-order chi connectivity index (χ0) is 14.0. The molecule has 2 aliphatic rings. The Labute approximate surface area is 118 Å². The molecule has 110 valence electrons. The summed E-state index contributed by atoms with van der Waals surface area (Å²) in [6.45, 7) is 9.79. The molecule has 1 amide bonds. The molecule has 0 bridgehead atoms. The Morgan fingerprint density at radius 1 is 1.26 bits per heavy atom. The van der Waals surface area contributed by atoms with Crippen LogP contribution in [0, 0.1) is 17.8 Å². The first-order valence-electron chi connectivity index (χ1n) is 8.11. The number of carbonyl (C=O) groups is 1. The van der Waals surface area contributed by atoms with Crippen molar-refractivity contribution in [1.29, 1.82) is 0 Å². The van der Waals surface area contributed by atoms with Crippen LogP contribution in [0.15, 0.2) is 0 Å². The van der Waals surface area contributed by atoms with Crippen LogP contribution in [0.25, 0.3) is 0 Å². The molecule has 3 heteroatoms. The summed E-state index contributed by atoms with van der Waals surface area (Å²) in [5.41, 5.74) is 0. The highest BCUT2D eigenvalue weighted by molar-refractivity contribution is 5.84. The largest absolute Gasteiger partial charge is 0.325 e. The topological polar surface area (TPSA) is 32.3 Å². The van der Waals surface area contributed by atoms with Gasteiger partial charge in [0.15, 0.2) is 0 Å². The highest BCUT2D eigenvalue weighted by Crippen LogP contribution is 2.33. The summed E-state index contributed by atoms with van der Waals surface area (Å²) in [4.78, 5) is 14.7. The summed E-state index contributed by atoms with van der Waals surface area (Å²) in [6, 6.07) is 0.0602. The number of carbonyl (C=O) groups excluding carboxylic acids is 1. The lowest BCUT2D eigenvalue weighted by Crippen LogP contribution is -2.45. The smallest absolute Gasteiger partial charge is 0.241 e. The lowest BCUT2D eigenvalue weighted by atomic mass is 9.96. The van der Waals surface area contributed by atoms with Gasteiger partial charge in [0.05, 0.1) is 12.2 Å². The summed E-state index contributed by atoms with van der Waals surface area (Å²) in [7, 11) is 0. The van der Waals surface area contributed by atoms with Crippen molar-refractivity contribution in [2.75, 3.05) is 6.54 Å². The lowest BCUT2D eigenvalue weighted by molar-refractivity contribution is -0.131. The molecule has 1 aliphatic heterocycles. The van der Waals surface area contributed by atoms with Gasteiger partial charge in [0.2, 0.25) is 5.91 Å². The van der Waals surface area contributed by atoms with E-state index in [4.69, 9.17) is 0 Å². The fourth-order valence-corrected chi connectivity index (χ4v) is 3.39. The maximum Gasteiger partial charge on any atom is 0.241 e. The molecule has 0 aromatic heterocycles. The van der Waals surface area contributed by atoms with E-state index in [0.29, 0.717) is 29.8 Å². The van der Waals surface area contributed by atoms with Crippen LogP contribution in [-0.2, 0) is 4.79 Å². The Kier molecular flexibility index (Phi) is 4.88. The van der Waals surface area contributed by atoms with Crippen molar-refractivity contribution in [1.82, 2.24) is 10.2 Å². The predicted molar refractivity (Wildman–Crippen MR) is 78.7 cm³/mol. The maximum atomic E-state index is 12.5. The molecule has 2 fully saturated rings. The molecule has 3 nitrogen and oxygen atoms in total. The standard InChI is InChI=1S/C16H30N2O/c1-5-14-16(19)18(10-12(4)11(2)3)15(17-14)13-8-6-7-9-13/h11-15,17H,5-10H2,1-4H3. The molecule has 1 saturated carbocycles. The molecule has 1 heterocycles. The summed E-state index contributed by atoms with van der Waals surface area (Å²) >= 11 is 0. The fourth-order valence-electron chi connectivity index (χ4n) is 3.39. The third-order valence-corrected chi connectivity index (χ3v) is 5.17. The van der Waals surface area contributed by atoms with Crippen LogP contribution in [0.3, 0.4) is 0 Å². The molecule has 0 aromatic rings. The van der Waals surface area contributed by atoms with Crippen molar-refractivity contribution >= 4 is 5.91 Å². The second-order valence-corrected chi connectivity index (χ2v) is 6.83. The van der Waals surface area contributed by atoms with Crippen LogP contribution in [0.1, 0.15) is 59.8 Å². The molecule has 2 rings (SSSR count). The first kappa shape index (κ1) is 14.8. The highest BCUT2D eigenvalue weighted by Gasteiger charge is 2.42. The first-order valence-corrected chi connectivity index (χ1v) is 8.11. The van der Waals surface area contributed by atoms with Crippen molar-refractivity contribution in [2.24, 2.45) is 17.8 Å². The fraction of sp³-hybridized carbons (Fsp3) is 0.938. The Morgan fingerprint density at radius 2 is 1.89 bits per heavy atom. The third-order valence-electron chi connectivity index (χ3n) is 5.17. The van der Waals surface area contributed by atoms with E-state index in [-0.39, 0.29) is 6.04 Å². The van der Waals surface area contributed by atoms with Crippen LogP contribution < -0.4 is 5.32 Å². The van der Waals surface area contributed by atoms with Gasteiger partial charge in [0, 0.05) is 6.54 Å². The molecule has 19 heavy (non-hydrogen) atoms. The van der Waals surface area contributed by atoms with Crippen molar-refractivity contribution in [3.8, 4) is 0 Å². The number of rotatable bonds is 5. The average molecular weight is 266 g/mol. The number of amides is 1. The van der Waals surface area contributed by atoms with Gasteiger partial charge in [0.25, 0.3) is 0 Å². The van der Waals surface area contributed by atoms with Crippen LogP contribution in [-0.4, -0.2) is 29.6 Å². The maximum absolute atomic E-state index is 12.5. The Balaban J connectivity index is 2.07. The average Bonchev–Trinajstić information content (AvgIpc) is 2.99. The number of hydrogen-bond donors (Lipinski definition) is 1. The molecule has 1 N–H and O–H groups in total. The molecule has 0 aromatic carbocycles. The second-order valence-electron chi connectivity index (χ2n) is 6.83. The van der Waals surface area contributed by atoms with Crippen LogP contribution in [0.5, 0.6) is 0 Å². The monoisotopic (exact) mass is 266 g/mol. The third kappa shape index (κ3) is 3.13. The van der Waals surface area contributed by atoms with Gasteiger partial charge in [-0.3, -0.25) is 10.1 Å². The Bertz CT molecular complexity index is 310. The van der Waals surface area contributed by atoms with E-state index < -0.39 is 0 Å². The Hall–Kier alpha value is -0.570. The van der Waals surface area contributed by atoms with Crippen molar-refractivity contribution in [2.45, 2.75) is 72.0 Å². The van der Waals surface area contributed by atoms with E-state index in [1.54, 1.807) is 0 Å². The zero-order valence-corrected chi connectivity index (χ0v) is 13.0. The molecular weight excluding hydrogens is 236 g/mol. The van der Waals surface area contributed by atoms with E-state index in [1.807, 2.05) is 0 Å². The van der Waals surface area contributed by atoms with Gasteiger partial charge >= 0.3 is 0 Å². The minimum atomic E-state index is 0.0602. The predicted octanol–water partition coefficient (Wildman–Crippen LogP) is 3.01. The van der Waals surface area contributed by atoms with Crippen molar-refractivity contribution in [3.63, 3.8) is 0 Å². The van der Waals surface area contributed by atoms with Gasteiger partial charge in [-0.25, -0.2) is 0 Å². The normalized spacial score (nSPS) is 30.6. The Morgan fingerprint density at radius 3 is 2.42 bits per heavy atom. The summed E-state index contributed by atoms with van der Waals surface area (Å²) in [5, 5.41) is 3.60.